The molecule has 140 valence electrons. The third kappa shape index (κ3) is 4.56. The lowest BCUT2D eigenvalue weighted by atomic mass is 10.1. The van der Waals surface area contributed by atoms with Gasteiger partial charge in [-0.25, -0.2) is 14.5 Å². The lowest BCUT2D eigenvalue weighted by Crippen LogP contribution is -2.29. The summed E-state index contributed by atoms with van der Waals surface area (Å²) in [5.41, 5.74) is 0.390. The highest BCUT2D eigenvalue weighted by Gasteiger charge is 2.30. The van der Waals surface area contributed by atoms with Gasteiger partial charge in [-0.15, -0.1) is 0 Å². The van der Waals surface area contributed by atoms with E-state index in [2.05, 4.69) is 20.7 Å². The summed E-state index contributed by atoms with van der Waals surface area (Å²) >= 11 is 6.20. The predicted octanol–water partition coefficient (Wildman–Crippen LogP) is 4.26. The van der Waals surface area contributed by atoms with Crippen molar-refractivity contribution >= 4 is 23.3 Å². The molecule has 6 nitrogen and oxygen atoms in total. The highest BCUT2D eigenvalue weighted by molar-refractivity contribution is 6.31. The van der Waals surface area contributed by atoms with Crippen LogP contribution in [0.4, 0.5) is 23.7 Å². The molecule has 0 saturated carbocycles. The monoisotopic (exact) mass is 395 g/mol. The molecule has 0 saturated heterocycles. The Kier molecular flexibility index (Phi) is 5.31. The van der Waals surface area contributed by atoms with E-state index < -0.39 is 17.8 Å². The Bertz CT molecular complexity index is 944. The van der Waals surface area contributed by atoms with Crippen molar-refractivity contribution < 1.29 is 18.0 Å². The summed E-state index contributed by atoms with van der Waals surface area (Å²) in [7, 11) is 0. The van der Waals surface area contributed by atoms with Gasteiger partial charge >= 0.3 is 12.2 Å². The summed E-state index contributed by atoms with van der Waals surface area (Å²) in [5, 5.41) is 9.37. The molecule has 27 heavy (non-hydrogen) atoms. The molecule has 3 rings (SSSR count). The van der Waals surface area contributed by atoms with Crippen molar-refractivity contribution in [1.82, 2.24) is 20.1 Å². The fourth-order valence-electron chi connectivity index (χ4n) is 2.39. The number of amides is 2. The first kappa shape index (κ1) is 18.7. The molecule has 0 spiro atoms. The topological polar surface area (TPSA) is 71.8 Å². The van der Waals surface area contributed by atoms with Crippen LogP contribution in [0, 0.1) is 0 Å². The van der Waals surface area contributed by atoms with Gasteiger partial charge in [0.1, 0.15) is 12.7 Å². The molecule has 1 heterocycles. The normalized spacial score (nSPS) is 11.3. The minimum atomic E-state index is -4.49. The second-order valence-electron chi connectivity index (χ2n) is 5.46. The van der Waals surface area contributed by atoms with Crippen LogP contribution in [0.25, 0.3) is 5.69 Å². The standard InChI is InChI=1S/C17H13ClF3N5O/c18-14-5-2-6-15(26-10-22-9-24-26)13(14)8-23-16(27)25-12-4-1-3-11(7-12)17(19,20)21/h1-7,9-10H,8H2,(H2,23,25,27). The summed E-state index contributed by atoms with van der Waals surface area (Å²) in [6.07, 6.45) is -1.64. The van der Waals surface area contributed by atoms with Crippen LogP contribution in [0.5, 0.6) is 0 Å². The van der Waals surface area contributed by atoms with Gasteiger partial charge in [0.15, 0.2) is 0 Å². The molecule has 0 unspecified atom stereocenters. The third-order valence-corrected chi connectivity index (χ3v) is 3.99. The van der Waals surface area contributed by atoms with Crippen molar-refractivity contribution in [3.05, 3.63) is 71.3 Å². The number of nitrogens with zero attached hydrogens (tertiary/aromatic N) is 3. The molecule has 3 aromatic rings. The van der Waals surface area contributed by atoms with Crippen LogP contribution in [-0.4, -0.2) is 20.8 Å². The number of nitrogens with one attached hydrogen (secondary N) is 2. The van der Waals surface area contributed by atoms with Crippen LogP contribution in [0.15, 0.2) is 55.1 Å². The second-order valence-corrected chi connectivity index (χ2v) is 5.87. The van der Waals surface area contributed by atoms with E-state index in [0.29, 0.717) is 16.3 Å². The van der Waals surface area contributed by atoms with E-state index in [1.165, 1.54) is 29.5 Å². The zero-order valence-electron chi connectivity index (χ0n) is 13.7. The molecule has 0 aliphatic rings. The third-order valence-electron chi connectivity index (χ3n) is 3.63. The number of hydrogen-bond donors (Lipinski definition) is 2. The zero-order chi connectivity index (χ0) is 19.4. The van der Waals surface area contributed by atoms with Gasteiger partial charge in [-0.05, 0) is 30.3 Å². The smallest absolute Gasteiger partial charge is 0.334 e. The van der Waals surface area contributed by atoms with Gasteiger partial charge in [0.05, 0.1) is 11.3 Å². The van der Waals surface area contributed by atoms with Gasteiger partial charge in [0, 0.05) is 22.8 Å². The van der Waals surface area contributed by atoms with E-state index in [1.807, 2.05) is 0 Å². The van der Waals surface area contributed by atoms with Crippen molar-refractivity contribution in [3.63, 3.8) is 0 Å². The molecule has 0 aliphatic heterocycles. The molecule has 2 aromatic carbocycles. The molecular formula is C17H13ClF3N5O. The Morgan fingerprint density at radius 1 is 1.19 bits per heavy atom. The average Bonchev–Trinajstić information content (AvgIpc) is 3.14. The Balaban J connectivity index is 1.70. The summed E-state index contributed by atoms with van der Waals surface area (Å²) in [6, 6.07) is 8.84. The van der Waals surface area contributed by atoms with Crippen molar-refractivity contribution in [2.75, 3.05) is 5.32 Å². The van der Waals surface area contributed by atoms with Crippen molar-refractivity contribution in [3.8, 4) is 5.69 Å². The lowest BCUT2D eigenvalue weighted by Gasteiger charge is -2.13. The highest BCUT2D eigenvalue weighted by atomic mass is 35.5. The summed E-state index contributed by atoms with van der Waals surface area (Å²) in [6.45, 7) is 0.0413. The second kappa shape index (κ2) is 7.67. The first-order valence-electron chi connectivity index (χ1n) is 7.69. The van der Waals surface area contributed by atoms with Crippen LogP contribution < -0.4 is 10.6 Å². The Hall–Kier alpha value is -3.07. The fraction of sp³-hybridized carbons (Fsp3) is 0.118. The maximum absolute atomic E-state index is 12.7. The molecule has 0 radical (unpaired) electrons. The summed E-state index contributed by atoms with van der Waals surface area (Å²) < 4.78 is 39.7. The van der Waals surface area contributed by atoms with Crippen LogP contribution in [0.2, 0.25) is 5.02 Å². The number of alkyl halides is 3. The van der Waals surface area contributed by atoms with E-state index in [-0.39, 0.29) is 12.2 Å². The average molecular weight is 396 g/mol. The first-order valence-corrected chi connectivity index (χ1v) is 8.07. The fourth-order valence-corrected chi connectivity index (χ4v) is 2.62. The Morgan fingerprint density at radius 3 is 2.67 bits per heavy atom. The number of carbonyl (C=O) groups excluding carboxylic acids is 1. The van der Waals surface area contributed by atoms with E-state index in [1.54, 1.807) is 18.2 Å². The van der Waals surface area contributed by atoms with Gasteiger partial charge < -0.3 is 10.6 Å². The number of hydrogen-bond acceptors (Lipinski definition) is 3. The number of carbonyl (C=O) groups is 1. The molecule has 0 bridgehead atoms. The number of halogens is 4. The largest absolute Gasteiger partial charge is 0.416 e. The molecule has 1 aromatic heterocycles. The Labute approximate surface area is 157 Å². The van der Waals surface area contributed by atoms with E-state index >= 15 is 0 Å². The molecule has 0 aliphatic carbocycles. The molecule has 0 fully saturated rings. The predicted molar refractivity (Wildman–Crippen MR) is 93.7 cm³/mol. The number of benzene rings is 2. The van der Waals surface area contributed by atoms with Gasteiger partial charge in [0.2, 0.25) is 0 Å². The van der Waals surface area contributed by atoms with Crippen molar-refractivity contribution in [2.45, 2.75) is 12.7 Å². The molecule has 2 amide bonds. The molecule has 10 heteroatoms. The summed E-state index contributed by atoms with van der Waals surface area (Å²) in [4.78, 5) is 15.9. The SMILES string of the molecule is O=C(NCc1c(Cl)cccc1-n1cncn1)Nc1cccc(C(F)(F)F)c1. The van der Waals surface area contributed by atoms with Gasteiger partial charge in [-0.1, -0.05) is 23.7 Å². The maximum Gasteiger partial charge on any atom is 0.416 e. The lowest BCUT2D eigenvalue weighted by molar-refractivity contribution is -0.137. The van der Waals surface area contributed by atoms with Crippen LogP contribution >= 0.6 is 11.6 Å². The van der Waals surface area contributed by atoms with Crippen LogP contribution in [0.3, 0.4) is 0 Å². The maximum atomic E-state index is 12.7. The van der Waals surface area contributed by atoms with E-state index in [9.17, 15) is 18.0 Å². The van der Waals surface area contributed by atoms with Crippen LogP contribution in [-0.2, 0) is 12.7 Å². The van der Waals surface area contributed by atoms with E-state index in [0.717, 1.165) is 12.1 Å². The molecule has 2 N–H and O–H groups in total. The number of rotatable bonds is 4. The Morgan fingerprint density at radius 2 is 1.96 bits per heavy atom. The van der Waals surface area contributed by atoms with Crippen molar-refractivity contribution in [2.24, 2.45) is 0 Å². The molecule has 0 atom stereocenters. The quantitative estimate of drug-likeness (QED) is 0.693. The van der Waals surface area contributed by atoms with Crippen LogP contribution in [0.1, 0.15) is 11.1 Å². The van der Waals surface area contributed by atoms with Gasteiger partial charge in [-0.3, -0.25) is 0 Å². The number of urea groups is 1. The van der Waals surface area contributed by atoms with Gasteiger partial charge in [-0.2, -0.15) is 18.3 Å². The number of anilines is 1. The minimum Gasteiger partial charge on any atom is -0.334 e. The minimum absolute atomic E-state index is 0.0259. The van der Waals surface area contributed by atoms with E-state index in [4.69, 9.17) is 11.6 Å². The summed E-state index contributed by atoms with van der Waals surface area (Å²) in [5.74, 6) is 0. The zero-order valence-corrected chi connectivity index (χ0v) is 14.4. The first-order chi connectivity index (χ1) is 12.8. The van der Waals surface area contributed by atoms with Crippen molar-refractivity contribution in [1.29, 1.82) is 0 Å². The number of aromatic nitrogens is 3. The highest BCUT2D eigenvalue weighted by Crippen LogP contribution is 2.30. The molecular weight excluding hydrogens is 383 g/mol. The van der Waals surface area contributed by atoms with Gasteiger partial charge in [0.25, 0.3) is 0 Å².